The lowest BCUT2D eigenvalue weighted by atomic mass is 9.75. The number of nitrogens with zero attached hydrogens (tertiary/aromatic N) is 2. The predicted molar refractivity (Wildman–Crippen MR) is 145 cm³/mol. The van der Waals surface area contributed by atoms with Crippen molar-refractivity contribution < 1.29 is 13.2 Å². The lowest BCUT2D eigenvalue weighted by Gasteiger charge is -2.32. The molecule has 194 valence electrons. The summed E-state index contributed by atoms with van der Waals surface area (Å²) in [6.45, 7) is 5.99. The van der Waals surface area contributed by atoms with Crippen molar-refractivity contribution >= 4 is 27.1 Å². The first-order valence-corrected chi connectivity index (χ1v) is 14.8. The lowest BCUT2D eigenvalue weighted by Crippen LogP contribution is -2.44. The van der Waals surface area contributed by atoms with Gasteiger partial charge in [0.1, 0.15) is 5.82 Å². The Balaban J connectivity index is 1.42. The summed E-state index contributed by atoms with van der Waals surface area (Å²) >= 11 is 0. The van der Waals surface area contributed by atoms with Crippen LogP contribution in [-0.4, -0.2) is 61.7 Å². The third-order valence-corrected chi connectivity index (χ3v) is 10.6. The molecular weight excluding hydrogens is 484 g/mol. The number of carbonyl (C=O) groups is 1. The van der Waals surface area contributed by atoms with Gasteiger partial charge in [-0.1, -0.05) is 18.2 Å². The highest BCUT2D eigenvalue weighted by atomic mass is 32.2. The number of piperidine rings is 1. The van der Waals surface area contributed by atoms with E-state index < -0.39 is 9.84 Å². The molecule has 3 heterocycles. The van der Waals surface area contributed by atoms with Crippen molar-refractivity contribution in [3.05, 3.63) is 70.4 Å². The second-order valence-corrected chi connectivity index (χ2v) is 13.3. The molecule has 7 nitrogen and oxygen atoms in total. The van der Waals surface area contributed by atoms with Gasteiger partial charge in [-0.25, -0.2) is 13.4 Å². The normalized spacial score (nSPS) is 24.2. The molecule has 6 rings (SSSR count). The van der Waals surface area contributed by atoms with E-state index in [1.54, 1.807) is 12.1 Å². The average molecular weight is 519 g/mol. The third-order valence-electron chi connectivity index (χ3n) is 8.30. The maximum atomic E-state index is 13.6. The minimum Gasteiger partial charge on any atom is -0.362 e. The van der Waals surface area contributed by atoms with Crippen LogP contribution < -0.4 is 10.6 Å². The summed E-state index contributed by atoms with van der Waals surface area (Å²) in [5, 5.41) is 6.57. The van der Waals surface area contributed by atoms with Crippen molar-refractivity contribution in [2.75, 3.05) is 25.5 Å². The van der Waals surface area contributed by atoms with Gasteiger partial charge in [0, 0.05) is 29.3 Å². The monoisotopic (exact) mass is 518 g/mol. The lowest BCUT2D eigenvalue weighted by molar-refractivity contribution is -0.118. The van der Waals surface area contributed by atoms with Gasteiger partial charge in [-0.2, -0.15) is 0 Å². The van der Waals surface area contributed by atoms with Crippen molar-refractivity contribution in [2.24, 2.45) is 0 Å². The number of benzene rings is 1. The molecule has 1 amide bonds. The van der Waals surface area contributed by atoms with Crippen LogP contribution in [-0.2, 0) is 14.6 Å². The molecule has 0 bridgehead atoms. The number of carbonyl (C=O) groups excluding carboxylic acids is 1. The largest absolute Gasteiger partial charge is 0.362 e. The number of pyridine rings is 1. The second kappa shape index (κ2) is 9.10. The number of fused-ring (bicyclic) bond motifs is 3. The van der Waals surface area contributed by atoms with Crippen LogP contribution in [0.1, 0.15) is 55.2 Å². The standard InChI is InChI=1S/C29H34N4O3S/c1-17-13-25-26-24(19-5-4-6-22(14-19)37(35,36)21-7-8-21)15-23(18(2)27(26)32-28(25)30-16-17)29(34)31-20-9-11-33(3)12-10-20/h4-6,13-16,20-21,26-27H,7-12H2,1-3H3,(H,30,32)(H,31,34). The average Bonchev–Trinajstić information content (AvgIpc) is 3.68. The van der Waals surface area contributed by atoms with Crippen molar-refractivity contribution in [1.29, 1.82) is 0 Å². The molecule has 2 aliphatic carbocycles. The zero-order valence-electron chi connectivity index (χ0n) is 21.6. The molecule has 37 heavy (non-hydrogen) atoms. The second-order valence-electron chi connectivity index (χ2n) is 11.1. The van der Waals surface area contributed by atoms with Crippen LogP contribution in [0.5, 0.6) is 0 Å². The van der Waals surface area contributed by atoms with Crippen LogP contribution in [0.3, 0.4) is 0 Å². The molecule has 2 aromatic rings. The van der Waals surface area contributed by atoms with Crippen molar-refractivity contribution in [1.82, 2.24) is 15.2 Å². The topological polar surface area (TPSA) is 91.4 Å². The number of hydrogen-bond acceptors (Lipinski definition) is 6. The SMILES string of the molecule is CC1=C(C(=O)NC2CCN(C)CC2)C=C(c2cccc(S(=O)(=O)C3CC3)c2)C2c3cc(C)cnc3NC12. The summed E-state index contributed by atoms with van der Waals surface area (Å²) in [5.41, 5.74) is 5.58. The molecule has 8 heteroatoms. The minimum atomic E-state index is -3.33. The predicted octanol–water partition coefficient (Wildman–Crippen LogP) is 3.83. The van der Waals surface area contributed by atoms with Gasteiger partial charge < -0.3 is 15.5 Å². The summed E-state index contributed by atoms with van der Waals surface area (Å²) < 4.78 is 26.1. The fourth-order valence-electron chi connectivity index (χ4n) is 5.94. The Morgan fingerprint density at radius 1 is 1.11 bits per heavy atom. The molecule has 2 unspecified atom stereocenters. The number of nitrogens with one attached hydrogen (secondary N) is 2. The maximum Gasteiger partial charge on any atom is 0.251 e. The van der Waals surface area contributed by atoms with Crippen molar-refractivity contribution in [2.45, 2.75) is 67.7 Å². The zero-order chi connectivity index (χ0) is 25.9. The van der Waals surface area contributed by atoms with E-state index in [2.05, 4.69) is 33.6 Å². The number of amides is 1. The minimum absolute atomic E-state index is 0.0545. The van der Waals surface area contributed by atoms with Crippen LogP contribution in [0.15, 0.2) is 58.6 Å². The molecule has 2 fully saturated rings. The molecule has 2 atom stereocenters. The number of hydrogen-bond donors (Lipinski definition) is 2. The highest BCUT2D eigenvalue weighted by molar-refractivity contribution is 7.92. The van der Waals surface area contributed by atoms with Crippen LogP contribution >= 0.6 is 0 Å². The van der Waals surface area contributed by atoms with Crippen LogP contribution in [0.4, 0.5) is 5.82 Å². The first-order chi connectivity index (χ1) is 17.7. The third kappa shape index (κ3) is 4.40. The van der Waals surface area contributed by atoms with E-state index in [0.29, 0.717) is 10.5 Å². The summed E-state index contributed by atoms with van der Waals surface area (Å²) in [7, 11) is -1.22. The van der Waals surface area contributed by atoms with E-state index in [0.717, 1.165) is 72.4 Å². The molecule has 1 aromatic carbocycles. The van der Waals surface area contributed by atoms with Gasteiger partial charge >= 0.3 is 0 Å². The van der Waals surface area contributed by atoms with Gasteiger partial charge in [0.2, 0.25) is 0 Å². The van der Waals surface area contributed by atoms with Crippen molar-refractivity contribution in [3.63, 3.8) is 0 Å². The summed E-state index contributed by atoms with van der Waals surface area (Å²) in [6, 6.07) is 9.46. The van der Waals surface area contributed by atoms with Crippen LogP contribution in [0, 0.1) is 6.92 Å². The summed E-state index contributed by atoms with van der Waals surface area (Å²) in [6.07, 6.45) is 7.16. The van der Waals surface area contributed by atoms with Gasteiger partial charge in [0.25, 0.3) is 5.91 Å². The van der Waals surface area contributed by atoms with Gasteiger partial charge in [0.05, 0.1) is 16.2 Å². The number of aromatic nitrogens is 1. The fraction of sp³-hybridized carbons (Fsp3) is 0.448. The number of likely N-dealkylation sites (tertiary alicyclic amines) is 1. The van der Waals surface area contributed by atoms with Gasteiger partial charge in [-0.3, -0.25) is 4.79 Å². The quantitative estimate of drug-likeness (QED) is 0.625. The van der Waals surface area contributed by atoms with E-state index in [1.165, 1.54) is 0 Å². The highest BCUT2D eigenvalue weighted by Crippen LogP contribution is 2.49. The first kappa shape index (κ1) is 24.4. The number of rotatable bonds is 5. The fourth-order valence-corrected chi connectivity index (χ4v) is 7.64. The Morgan fingerprint density at radius 2 is 1.86 bits per heavy atom. The van der Waals surface area contributed by atoms with E-state index >= 15 is 0 Å². The molecule has 2 N–H and O–H groups in total. The smallest absolute Gasteiger partial charge is 0.251 e. The molecule has 4 aliphatic rings. The van der Waals surface area contributed by atoms with Gasteiger partial charge in [0.15, 0.2) is 9.84 Å². The van der Waals surface area contributed by atoms with E-state index in [4.69, 9.17) is 0 Å². The van der Waals surface area contributed by atoms with Crippen LogP contribution in [0.25, 0.3) is 5.57 Å². The van der Waals surface area contributed by atoms with E-state index in [9.17, 15) is 13.2 Å². The van der Waals surface area contributed by atoms with E-state index in [1.807, 2.05) is 38.3 Å². The van der Waals surface area contributed by atoms with Gasteiger partial charge in [-0.05, 0) is 100 Å². The summed E-state index contributed by atoms with van der Waals surface area (Å²) in [4.78, 5) is 20.9. The molecule has 2 aliphatic heterocycles. The zero-order valence-corrected chi connectivity index (χ0v) is 22.4. The maximum absolute atomic E-state index is 13.6. The Labute approximate surface area is 219 Å². The summed E-state index contributed by atoms with van der Waals surface area (Å²) in [5.74, 6) is 0.706. The Morgan fingerprint density at radius 3 is 2.59 bits per heavy atom. The Bertz CT molecular complexity index is 1430. The van der Waals surface area contributed by atoms with Crippen LogP contribution in [0.2, 0.25) is 0 Å². The Kier molecular flexibility index (Phi) is 5.99. The van der Waals surface area contributed by atoms with E-state index in [-0.39, 0.29) is 29.2 Å². The molecule has 1 saturated carbocycles. The molecular formula is C29H34N4O3S. The number of aryl methyl sites for hydroxylation is 1. The molecule has 0 radical (unpaired) electrons. The molecule has 1 aromatic heterocycles. The van der Waals surface area contributed by atoms with Gasteiger partial charge in [-0.15, -0.1) is 0 Å². The number of sulfone groups is 1. The number of anilines is 1. The molecule has 1 saturated heterocycles. The highest BCUT2D eigenvalue weighted by Gasteiger charge is 2.42. The van der Waals surface area contributed by atoms with Crippen molar-refractivity contribution in [3.8, 4) is 0 Å². The Hall–Kier alpha value is -2.97. The molecule has 0 spiro atoms. The first-order valence-electron chi connectivity index (χ1n) is 13.2.